The molecule has 0 saturated heterocycles. The first-order valence-corrected chi connectivity index (χ1v) is 19.1. The Morgan fingerprint density at radius 1 is 0.760 bits per heavy atom. The Morgan fingerprint density at radius 3 is 1.56 bits per heavy atom. The summed E-state index contributed by atoms with van der Waals surface area (Å²) in [5, 5.41) is 0. The first-order valence-electron chi connectivity index (χ1n) is 8.87. The molecule has 0 unspecified atom stereocenters. The van der Waals surface area contributed by atoms with Crippen LogP contribution in [0.1, 0.15) is 12.0 Å². The molecule has 1 rings (SSSR count). The molecule has 0 atom stereocenters. The Kier molecular flexibility index (Phi) is 7.12. The first kappa shape index (κ1) is 22.0. The van der Waals surface area contributed by atoms with Crippen LogP contribution >= 0.6 is 0 Å². The average Bonchev–Trinajstić information content (AvgIpc) is 2.29. The number of benzene rings is 1. The third kappa shape index (κ3) is 10.5. The third-order valence-corrected chi connectivity index (χ3v) is 5.36. The van der Waals surface area contributed by atoms with Gasteiger partial charge in [0.25, 0.3) is 5.97 Å². The van der Waals surface area contributed by atoms with E-state index in [2.05, 4.69) is 39.3 Å². The van der Waals surface area contributed by atoms with E-state index < -0.39 is 25.0 Å². The van der Waals surface area contributed by atoms with Crippen molar-refractivity contribution in [1.82, 2.24) is 0 Å². The van der Waals surface area contributed by atoms with E-state index in [0.29, 0.717) is 12.8 Å². The molecule has 0 radical (unpaired) electrons. The maximum Gasteiger partial charge on any atom is 0.292 e. The minimum Gasteiger partial charge on any atom is -0.544 e. The van der Waals surface area contributed by atoms with Gasteiger partial charge in [-0.3, -0.25) is 4.79 Å². The van der Waals surface area contributed by atoms with Crippen LogP contribution in [0.3, 0.4) is 0 Å². The third-order valence-electron chi connectivity index (χ3n) is 2.83. The van der Waals surface area contributed by atoms with Gasteiger partial charge in [0.05, 0.1) is 0 Å². The van der Waals surface area contributed by atoms with Gasteiger partial charge in [0, 0.05) is 12.5 Å². The van der Waals surface area contributed by atoms with Crippen LogP contribution in [-0.2, 0) is 15.6 Å². The van der Waals surface area contributed by atoms with Crippen molar-refractivity contribution in [2.24, 2.45) is 0 Å². The molecule has 0 heterocycles. The smallest absolute Gasteiger partial charge is 0.292 e. The van der Waals surface area contributed by atoms with E-state index in [4.69, 9.17) is 13.3 Å². The molecule has 0 spiro atoms. The molecule has 0 fully saturated rings. The molecule has 0 aliphatic heterocycles. The van der Waals surface area contributed by atoms with Crippen LogP contribution in [0.2, 0.25) is 58.9 Å². The summed E-state index contributed by atoms with van der Waals surface area (Å²) in [4.78, 5) is 12.0. The van der Waals surface area contributed by atoms with Crippen LogP contribution in [0, 0.1) is 0 Å². The highest BCUT2D eigenvalue weighted by Crippen LogP contribution is 2.28. The number of rotatable bonds is 8. The Labute approximate surface area is 156 Å². The average molecular weight is 399 g/mol. The van der Waals surface area contributed by atoms with Gasteiger partial charge in [-0.2, -0.15) is 0 Å². The lowest BCUT2D eigenvalue weighted by molar-refractivity contribution is -0.135. The van der Waals surface area contributed by atoms with E-state index in [1.807, 2.05) is 37.8 Å². The molecule has 1 aromatic carbocycles. The Hall–Kier alpha value is -1.06. The van der Waals surface area contributed by atoms with Crippen LogP contribution in [0.4, 0.5) is 0 Å². The highest BCUT2D eigenvalue weighted by atomic mass is 28.4. The second-order valence-corrected chi connectivity index (χ2v) is 22.6. The molecule has 142 valence electrons. The largest absolute Gasteiger partial charge is 0.544 e. The van der Waals surface area contributed by atoms with Gasteiger partial charge in [0.15, 0.2) is 0 Å². The van der Waals surface area contributed by atoms with Gasteiger partial charge in [0.1, 0.15) is 11.5 Å². The van der Waals surface area contributed by atoms with E-state index >= 15 is 0 Å². The highest BCUT2D eigenvalue weighted by molar-refractivity contribution is 6.71. The zero-order valence-corrected chi connectivity index (χ0v) is 20.3. The molecule has 0 aliphatic rings. The van der Waals surface area contributed by atoms with Gasteiger partial charge in [0.2, 0.25) is 25.0 Å². The highest BCUT2D eigenvalue weighted by Gasteiger charge is 2.22. The predicted molar refractivity (Wildman–Crippen MR) is 112 cm³/mol. The van der Waals surface area contributed by atoms with E-state index in [1.54, 1.807) is 0 Å². The van der Waals surface area contributed by atoms with Crippen molar-refractivity contribution in [2.75, 3.05) is 0 Å². The number of hydrogen-bond donors (Lipinski definition) is 0. The maximum absolute atomic E-state index is 12.0. The summed E-state index contributed by atoms with van der Waals surface area (Å²) in [6.45, 7) is 19.0. The Morgan fingerprint density at radius 2 is 1.20 bits per heavy atom. The summed E-state index contributed by atoms with van der Waals surface area (Å²) in [6, 6.07) is 6.02. The van der Waals surface area contributed by atoms with E-state index in [0.717, 1.165) is 17.1 Å². The number of hydrogen-bond acceptors (Lipinski definition) is 4. The fourth-order valence-electron chi connectivity index (χ4n) is 2.24. The molecule has 0 bridgehead atoms. The lowest BCUT2D eigenvalue weighted by Crippen LogP contribution is -2.30. The van der Waals surface area contributed by atoms with Crippen LogP contribution in [0.25, 0.3) is 0 Å². The zero-order valence-electron chi connectivity index (χ0n) is 17.3. The van der Waals surface area contributed by atoms with E-state index in [1.165, 1.54) is 0 Å². The van der Waals surface area contributed by atoms with Crippen molar-refractivity contribution in [2.45, 2.75) is 71.8 Å². The molecule has 25 heavy (non-hydrogen) atoms. The Balaban J connectivity index is 2.94. The molecular weight excluding hydrogens is 364 g/mol. The zero-order chi connectivity index (χ0) is 19.5. The maximum atomic E-state index is 12.0. The fraction of sp³-hybridized carbons (Fsp3) is 0.611. The number of carbonyl (C=O) groups excluding carboxylic acids is 1. The van der Waals surface area contributed by atoms with E-state index in [9.17, 15) is 4.79 Å². The summed E-state index contributed by atoms with van der Waals surface area (Å²) in [7, 11) is -5.25. The minimum absolute atomic E-state index is 0.122. The van der Waals surface area contributed by atoms with Crippen molar-refractivity contribution in [3.05, 3.63) is 23.8 Å². The van der Waals surface area contributed by atoms with E-state index in [-0.39, 0.29) is 5.97 Å². The molecular formula is C18H34O4Si3. The lowest BCUT2D eigenvalue weighted by Gasteiger charge is -2.24. The summed E-state index contributed by atoms with van der Waals surface area (Å²) in [5.41, 5.74) is 1.05. The first-order chi connectivity index (χ1) is 11.1. The van der Waals surface area contributed by atoms with Crippen LogP contribution in [-0.4, -0.2) is 30.9 Å². The summed E-state index contributed by atoms with van der Waals surface area (Å²) in [6.07, 6.45) is 1.02. The predicted octanol–water partition coefficient (Wildman–Crippen LogP) is 5.42. The monoisotopic (exact) mass is 398 g/mol. The second-order valence-electron chi connectivity index (χ2n) is 9.33. The van der Waals surface area contributed by atoms with Crippen molar-refractivity contribution < 1.29 is 18.1 Å². The summed E-state index contributed by atoms with van der Waals surface area (Å²) < 4.78 is 17.8. The van der Waals surface area contributed by atoms with Crippen molar-refractivity contribution in [1.29, 1.82) is 0 Å². The molecule has 0 saturated carbocycles. The quantitative estimate of drug-likeness (QED) is 0.548. The molecule has 1 aromatic rings. The number of carbonyl (C=O) groups is 1. The normalized spacial score (nSPS) is 12.7. The summed E-state index contributed by atoms with van der Waals surface area (Å²) in [5.74, 6) is 1.55. The van der Waals surface area contributed by atoms with Crippen molar-refractivity contribution >= 4 is 30.9 Å². The van der Waals surface area contributed by atoms with Gasteiger partial charge < -0.3 is 13.3 Å². The van der Waals surface area contributed by atoms with Gasteiger partial charge in [-0.25, -0.2) is 0 Å². The molecule has 0 amide bonds. The van der Waals surface area contributed by atoms with Crippen LogP contribution in [0.15, 0.2) is 18.2 Å². The second kappa shape index (κ2) is 8.09. The molecule has 4 nitrogen and oxygen atoms in total. The molecule has 0 N–H and O–H groups in total. The summed E-state index contributed by atoms with van der Waals surface area (Å²) >= 11 is 0. The SMILES string of the molecule is C[Si](C)(C)OC(=O)CCc1cc(O[Si](C)(C)C)cc(O[Si](C)(C)C)c1. The molecule has 7 heteroatoms. The number of aryl methyl sites for hydroxylation is 1. The van der Waals surface area contributed by atoms with Gasteiger partial charge in [-0.15, -0.1) is 0 Å². The van der Waals surface area contributed by atoms with Crippen LogP contribution in [0.5, 0.6) is 11.5 Å². The molecule has 0 aromatic heterocycles. The minimum atomic E-state index is -1.83. The van der Waals surface area contributed by atoms with Gasteiger partial charge in [-0.05, 0) is 83.0 Å². The lowest BCUT2D eigenvalue weighted by atomic mass is 10.1. The van der Waals surface area contributed by atoms with Crippen molar-refractivity contribution in [3.63, 3.8) is 0 Å². The van der Waals surface area contributed by atoms with Gasteiger partial charge in [-0.1, -0.05) is 0 Å². The standard InChI is InChI=1S/C18H34O4Si3/c1-23(2,3)20-16-12-15(10-11-18(19)22-25(7,8)9)13-17(14-16)21-24(4,5)6/h12-14H,10-11H2,1-9H3. The Bertz CT molecular complexity index is 562. The van der Waals surface area contributed by atoms with Crippen molar-refractivity contribution in [3.8, 4) is 11.5 Å². The molecule has 0 aliphatic carbocycles. The fourth-order valence-corrected chi connectivity index (χ4v) is 4.67. The topological polar surface area (TPSA) is 44.8 Å². The van der Waals surface area contributed by atoms with Gasteiger partial charge >= 0.3 is 0 Å². The van der Waals surface area contributed by atoms with Crippen LogP contribution < -0.4 is 8.85 Å².